The van der Waals surface area contributed by atoms with Crippen molar-refractivity contribution in [3.8, 4) is 5.75 Å². The molecule has 0 spiro atoms. The molecule has 1 aromatic rings. The van der Waals surface area contributed by atoms with Gasteiger partial charge in [0.2, 0.25) is 10.0 Å². The fourth-order valence-corrected chi connectivity index (χ4v) is 3.06. The highest BCUT2D eigenvalue weighted by Crippen LogP contribution is 2.27. The van der Waals surface area contributed by atoms with E-state index in [4.69, 9.17) is 15.6 Å². The van der Waals surface area contributed by atoms with E-state index in [2.05, 4.69) is 0 Å². The molecule has 1 aliphatic rings. The average molecular weight is 284 g/mol. The molecular formula is C13H20N2O3S. The molecular weight excluding hydrogens is 264 g/mol. The van der Waals surface area contributed by atoms with Gasteiger partial charge in [-0.05, 0) is 31.4 Å². The third kappa shape index (κ3) is 3.68. The monoisotopic (exact) mass is 284 g/mol. The minimum absolute atomic E-state index is 0.0199. The number of primary sulfonamides is 1. The Morgan fingerprint density at radius 1 is 1.11 bits per heavy atom. The maximum Gasteiger partial charge on any atom is 0.241 e. The van der Waals surface area contributed by atoms with Crippen LogP contribution in [0.25, 0.3) is 0 Å². The highest BCUT2D eigenvalue weighted by molar-refractivity contribution is 7.89. The number of rotatable bonds is 3. The lowest BCUT2D eigenvalue weighted by atomic mass is 10.1. The van der Waals surface area contributed by atoms with Crippen LogP contribution in [0.3, 0.4) is 0 Å². The Hall–Kier alpha value is -1.11. The fraction of sp³-hybridized carbons (Fsp3) is 0.538. The zero-order valence-corrected chi connectivity index (χ0v) is 11.6. The van der Waals surface area contributed by atoms with Gasteiger partial charge in [-0.3, -0.25) is 0 Å². The van der Waals surface area contributed by atoms with Gasteiger partial charge in [-0.1, -0.05) is 25.0 Å². The number of hydrogen-bond donors (Lipinski definition) is 2. The molecule has 1 fully saturated rings. The summed E-state index contributed by atoms with van der Waals surface area (Å²) in [7, 11) is -3.78. The van der Waals surface area contributed by atoms with Crippen molar-refractivity contribution in [3.05, 3.63) is 24.3 Å². The Morgan fingerprint density at radius 3 is 2.53 bits per heavy atom. The van der Waals surface area contributed by atoms with Crippen LogP contribution in [0.4, 0.5) is 0 Å². The fourth-order valence-electron chi connectivity index (χ4n) is 2.39. The summed E-state index contributed by atoms with van der Waals surface area (Å²) < 4.78 is 28.8. The molecule has 1 aromatic carbocycles. The van der Waals surface area contributed by atoms with E-state index >= 15 is 0 Å². The van der Waals surface area contributed by atoms with Gasteiger partial charge in [-0.25, -0.2) is 13.6 Å². The molecule has 0 radical (unpaired) electrons. The Balaban J connectivity index is 2.23. The number of hydrogen-bond acceptors (Lipinski definition) is 4. The topological polar surface area (TPSA) is 95.4 Å². The highest BCUT2D eigenvalue weighted by atomic mass is 32.2. The molecule has 0 heterocycles. The van der Waals surface area contributed by atoms with Gasteiger partial charge in [0.25, 0.3) is 0 Å². The van der Waals surface area contributed by atoms with Crippen LogP contribution in [0.2, 0.25) is 0 Å². The van der Waals surface area contributed by atoms with Crippen LogP contribution in [0.1, 0.15) is 32.1 Å². The van der Waals surface area contributed by atoms with Gasteiger partial charge in [0.1, 0.15) is 16.7 Å². The normalized spacial score (nSPS) is 24.7. The molecule has 6 heteroatoms. The summed E-state index contributed by atoms with van der Waals surface area (Å²) in [6.45, 7) is 0. The summed E-state index contributed by atoms with van der Waals surface area (Å²) in [4.78, 5) is 0.0199. The van der Waals surface area contributed by atoms with Crippen molar-refractivity contribution in [2.45, 2.75) is 49.1 Å². The summed E-state index contributed by atoms with van der Waals surface area (Å²) in [6.07, 6.45) is 4.89. The van der Waals surface area contributed by atoms with E-state index in [1.54, 1.807) is 18.2 Å². The second-order valence-electron chi connectivity index (χ2n) is 4.95. The Kier molecular flexibility index (Phi) is 4.44. The molecule has 0 amide bonds. The molecule has 1 saturated carbocycles. The summed E-state index contributed by atoms with van der Waals surface area (Å²) in [5.41, 5.74) is 6.08. The van der Waals surface area contributed by atoms with Crippen molar-refractivity contribution in [3.63, 3.8) is 0 Å². The molecule has 19 heavy (non-hydrogen) atoms. The van der Waals surface area contributed by atoms with Gasteiger partial charge in [0, 0.05) is 6.04 Å². The van der Waals surface area contributed by atoms with Gasteiger partial charge >= 0.3 is 0 Å². The van der Waals surface area contributed by atoms with Crippen LogP contribution in [0, 0.1) is 0 Å². The van der Waals surface area contributed by atoms with Crippen LogP contribution in [0.15, 0.2) is 29.2 Å². The van der Waals surface area contributed by atoms with Crippen molar-refractivity contribution in [1.82, 2.24) is 0 Å². The summed E-state index contributed by atoms with van der Waals surface area (Å²) in [6, 6.07) is 6.37. The lowest BCUT2D eigenvalue weighted by Crippen LogP contribution is -2.38. The number of para-hydroxylation sites is 1. The Labute approximate surface area is 114 Å². The van der Waals surface area contributed by atoms with Crippen molar-refractivity contribution in [2.75, 3.05) is 0 Å². The lowest BCUT2D eigenvalue weighted by molar-refractivity contribution is 0.158. The van der Waals surface area contributed by atoms with E-state index in [0.29, 0.717) is 5.75 Å². The minimum Gasteiger partial charge on any atom is -0.487 e. The summed E-state index contributed by atoms with van der Waals surface area (Å²) >= 11 is 0. The van der Waals surface area contributed by atoms with Crippen LogP contribution < -0.4 is 15.6 Å². The van der Waals surface area contributed by atoms with Crippen LogP contribution >= 0.6 is 0 Å². The molecule has 2 unspecified atom stereocenters. The van der Waals surface area contributed by atoms with E-state index in [1.807, 2.05) is 0 Å². The maximum absolute atomic E-state index is 11.5. The first-order valence-electron chi connectivity index (χ1n) is 6.52. The number of benzene rings is 1. The summed E-state index contributed by atoms with van der Waals surface area (Å²) in [5, 5.41) is 5.19. The van der Waals surface area contributed by atoms with E-state index in [9.17, 15) is 8.42 Å². The van der Waals surface area contributed by atoms with E-state index in [-0.39, 0.29) is 17.0 Å². The zero-order chi connectivity index (χ0) is 13.9. The van der Waals surface area contributed by atoms with Crippen molar-refractivity contribution < 1.29 is 13.2 Å². The molecule has 1 aliphatic carbocycles. The maximum atomic E-state index is 11.5. The molecule has 2 atom stereocenters. The molecule has 5 nitrogen and oxygen atoms in total. The third-order valence-corrected chi connectivity index (χ3v) is 4.39. The van der Waals surface area contributed by atoms with E-state index < -0.39 is 10.0 Å². The van der Waals surface area contributed by atoms with Gasteiger partial charge < -0.3 is 10.5 Å². The van der Waals surface area contributed by atoms with Crippen molar-refractivity contribution in [2.24, 2.45) is 10.9 Å². The second-order valence-corrected chi connectivity index (χ2v) is 6.48. The smallest absolute Gasteiger partial charge is 0.241 e. The SMILES string of the molecule is NC1CCCCCC1Oc1ccccc1S(N)(=O)=O. The highest BCUT2D eigenvalue weighted by Gasteiger charge is 2.24. The predicted molar refractivity (Wildman–Crippen MR) is 73.3 cm³/mol. The van der Waals surface area contributed by atoms with Gasteiger partial charge in [-0.15, -0.1) is 0 Å². The van der Waals surface area contributed by atoms with Gasteiger partial charge in [-0.2, -0.15) is 0 Å². The molecule has 0 aliphatic heterocycles. The molecule has 0 saturated heterocycles. The van der Waals surface area contributed by atoms with Crippen LogP contribution in [-0.2, 0) is 10.0 Å². The average Bonchev–Trinajstić information content (AvgIpc) is 2.54. The first-order valence-corrected chi connectivity index (χ1v) is 8.07. The molecule has 0 bridgehead atoms. The van der Waals surface area contributed by atoms with Crippen LogP contribution in [-0.4, -0.2) is 20.6 Å². The predicted octanol–water partition coefficient (Wildman–Crippen LogP) is 1.37. The van der Waals surface area contributed by atoms with Crippen molar-refractivity contribution >= 4 is 10.0 Å². The van der Waals surface area contributed by atoms with Gasteiger partial charge in [0.05, 0.1) is 0 Å². The minimum atomic E-state index is -3.78. The zero-order valence-electron chi connectivity index (χ0n) is 10.8. The number of nitrogens with two attached hydrogens (primary N) is 2. The standard InChI is InChI=1S/C13H20N2O3S/c14-10-6-2-1-3-7-11(10)18-12-8-4-5-9-13(12)19(15,16)17/h4-5,8-11H,1-3,6-7,14H2,(H2,15,16,17). The summed E-state index contributed by atoms with van der Waals surface area (Å²) in [5.74, 6) is 0.298. The van der Waals surface area contributed by atoms with Crippen LogP contribution in [0.5, 0.6) is 5.75 Å². The first-order chi connectivity index (χ1) is 8.98. The third-order valence-electron chi connectivity index (χ3n) is 3.44. The van der Waals surface area contributed by atoms with Crippen molar-refractivity contribution in [1.29, 1.82) is 0 Å². The second kappa shape index (κ2) is 5.90. The number of ether oxygens (including phenoxy) is 1. The number of sulfonamides is 1. The quantitative estimate of drug-likeness (QED) is 0.819. The largest absolute Gasteiger partial charge is 0.487 e. The lowest BCUT2D eigenvalue weighted by Gasteiger charge is -2.23. The Bertz CT molecular complexity index is 530. The van der Waals surface area contributed by atoms with E-state index in [1.165, 1.54) is 6.07 Å². The van der Waals surface area contributed by atoms with Gasteiger partial charge in [0.15, 0.2) is 0 Å². The molecule has 0 aromatic heterocycles. The Morgan fingerprint density at radius 2 is 1.79 bits per heavy atom. The van der Waals surface area contributed by atoms with E-state index in [0.717, 1.165) is 32.1 Å². The first kappa shape index (κ1) is 14.3. The molecule has 106 valence electrons. The molecule has 2 rings (SSSR count). The molecule has 4 N–H and O–H groups in total.